The molecule has 0 aliphatic heterocycles. The molecule has 0 fully saturated rings. The van der Waals surface area contributed by atoms with Gasteiger partial charge in [-0.2, -0.15) is 0 Å². The molecule has 0 bridgehead atoms. The molecule has 0 saturated carbocycles. The van der Waals surface area contributed by atoms with Gasteiger partial charge >= 0.3 is 0 Å². The molecule has 1 aromatic heterocycles. The van der Waals surface area contributed by atoms with Gasteiger partial charge in [0.05, 0.1) is 12.2 Å². The number of hydrogen-bond acceptors (Lipinski definition) is 3. The normalized spacial score (nSPS) is 13.1. The molecule has 1 heterocycles. The molecule has 0 spiro atoms. The van der Waals surface area contributed by atoms with Crippen molar-refractivity contribution >= 4 is 21.5 Å². The SMILES string of the molecule is CC(C)(C)c1ccnc(-c2[c-]cc3c(ccc4ccccc43)c2)c1.CC(O)CC(C)O.[Ir]. The van der Waals surface area contributed by atoms with E-state index in [9.17, 15) is 0 Å². The average molecular weight is 607 g/mol. The van der Waals surface area contributed by atoms with Crippen molar-refractivity contribution in [3.63, 3.8) is 0 Å². The summed E-state index contributed by atoms with van der Waals surface area (Å²) in [6.45, 7) is 9.99. The van der Waals surface area contributed by atoms with E-state index in [0.717, 1.165) is 11.3 Å². The largest absolute Gasteiger partial charge is 0.393 e. The summed E-state index contributed by atoms with van der Waals surface area (Å²) in [5.41, 5.74) is 3.44. The second-order valence-corrected chi connectivity index (χ2v) is 9.25. The van der Waals surface area contributed by atoms with Gasteiger partial charge in [-0.15, -0.1) is 29.1 Å². The van der Waals surface area contributed by atoms with Crippen LogP contribution in [-0.2, 0) is 25.5 Å². The maximum atomic E-state index is 8.56. The summed E-state index contributed by atoms with van der Waals surface area (Å²) < 4.78 is 0. The molecule has 2 N–H and O–H groups in total. The Morgan fingerprint density at radius 1 is 0.875 bits per heavy atom. The third-order valence-corrected chi connectivity index (χ3v) is 5.26. The number of aliphatic hydroxyl groups is 2. The monoisotopic (exact) mass is 607 g/mol. The van der Waals surface area contributed by atoms with Crippen LogP contribution in [0.4, 0.5) is 0 Å². The Morgan fingerprint density at radius 3 is 2.16 bits per heavy atom. The summed E-state index contributed by atoms with van der Waals surface area (Å²) in [7, 11) is 0. The van der Waals surface area contributed by atoms with E-state index in [2.05, 4.69) is 92.5 Å². The van der Waals surface area contributed by atoms with Crippen molar-refractivity contribution in [3.8, 4) is 11.3 Å². The standard InChI is InChI=1S/C23H20N.C5H12O2.Ir/c1-23(2,3)19-12-13-24-22(15-19)18-10-11-21-17(14-18)9-8-16-6-4-5-7-20(16)21;1-4(6)3-5(2)7;/h4-9,11-15H,1-3H3;4-7H,3H2,1-2H3;/q-1;;. The third-order valence-electron chi connectivity index (χ3n) is 5.26. The number of pyridine rings is 1. The van der Waals surface area contributed by atoms with Crippen molar-refractivity contribution in [1.82, 2.24) is 4.98 Å². The minimum absolute atomic E-state index is 0. The first-order valence-corrected chi connectivity index (χ1v) is 10.8. The van der Waals surface area contributed by atoms with E-state index >= 15 is 0 Å². The molecule has 0 amide bonds. The van der Waals surface area contributed by atoms with Crippen LogP contribution in [0, 0.1) is 6.07 Å². The summed E-state index contributed by atoms with van der Waals surface area (Å²) in [4.78, 5) is 4.56. The number of nitrogens with zero attached hydrogens (tertiary/aromatic N) is 1. The number of aliphatic hydroxyl groups excluding tert-OH is 2. The average Bonchev–Trinajstić information content (AvgIpc) is 2.72. The molecule has 3 nitrogen and oxygen atoms in total. The first-order chi connectivity index (χ1) is 14.6. The predicted molar refractivity (Wildman–Crippen MR) is 130 cm³/mol. The Labute approximate surface area is 204 Å². The summed E-state index contributed by atoms with van der Waals surface area (Å²) >= 11 is 0. The van der Waals surface area contributed by atoms with Crippen molar-refractivity contribution in [2.75, 3.05) is 0 Å². The van der Waals surface area contributed by atoms with Crippen LogP contribution in [0.25, 0.3) is 32.8 Å². The van der Waals surface area contributed by atoms with Gasteiger partial charge in [-0.3, -0.25) is 0 Å². The van der Waals surface area contributed by atoms with Crippen molar-refractivity contribution in [1.29, 1.82) is 0 Å². The molecular formula is C28H32IrNO2-. The summed E-state index contributed by atoms with van der Waals surface area (Å²) in [6.07, 6.45) is 1.62. The van der Waals surface area contributed by atoms with Gasteiger partial charge < -0.3 is 15.2 Å². The molecule has 171 valence electrons. The zero-order valence-corrected chi connectivity index (χ0v) is 21.8. The maximum absolute atomic E-state index is 8.56. The molecule has 2 atom stereocenters. The van der Waals surface area contributed by atoms with Crippen LogP contribution >= 0.6 is 0 Å². The molecule has 4 heteroatoms. The van der Waals surface area contributed by atoms with Crippen molar-refractivity contribution < 1.29 is 30.3 Å². The second-order valence-electron chi connectivity index (χ2n) is 9.25. The summed E-state index contributed by atoms with van der Waals surface area (Å²) in [5, 5.41) is 22.1. The smallest absolute Gasteiger partial charge is 0.0536 e. The summed E-state index contributed by atoms with van der Waals surface area (Å²) in [6, 6.07) is 24.8. The molecule has 1 radical (unpaired) electrons. The molecule has 2 unspecified atom stereocenters. The van der Waals surface area contributed by atoms with Gasteiger partial charge in [-0.25, -0.2) is 0 Å². The fraction of sp³-hybridized carbons (Fsp3) is 0.321. The molecule has 0 aliphatic rings. The predicted octanol–water partition coefficient (Wildman–Crippen LogP) is 6.29. The molecule has 3 aromatic carbocycles. The minimum atomic E-state index is -0.375. The van der Waals surface area contributed by atoms with Gasteiger partial charge in [0.25, 0.3) is 0 Å². The van der Waals surface area contributed by atoms with Crippen LogP contribution in [0.3, 0.4) is 0 Å². The number of benzene rings is 3. The zero-order chi connectivity index (χ0) is 22.6. The van der Waals surface area contributed by atoms with E-state index in [1.807, 2.05) is 6.20 Å². The number of hydrogen-bond donors (Lipinski definition) is 2. The molecule has 0 saturated heterocycles. The minimum Gasteiger partial charge on any atom is -0.393 e. The Morgan fingerprint density at radius 2 is 1.53 bits per heavy atom. The fourth-order valence-electron chi connectivity index (χ4n) is 3.63. The van der Waals surface area contributed by atoms with E-state index in [1.165, 1.54) is 27.1 Å². The first-order valence-electron chi connectivity index (χ1n) is 10.8. The van der Waals surface area contributed by atoms with Crippen molar-refractivity contribution in [2.45, 2.75) is 58.7 Å². The van der Waals surface area contributed by atoms with Crippen LogP contribution in [-0.4, -0.2) is 27.4 Å². The molecule has 4 rings (SSSR count). The van der Waals surface area contributed by atoms with Gasteiger partial charge in [0.15, 0.2) is 0 Å². The van der Waals surface area contributed by atoms with Crippen LogP contribution in [0.2, 0.25) is 0 Å². The van der Waals surface area contributed by atoms with Gasteiger partial charge in [-0.05, 0) is 48.4 Å². The molecule has 4 aromatic rings. The Bertz CT molecular complexity index is 1160. The molecular weight excluding hydrogens is 575 g/mol. The van der Waals surface area contributed by atoms with E-state index in [1.54, 1.807) is 13.8 Å². The van der Waals surface area contributed by atoms with E-state index in [-0.39, 0.29) is 37.7 Å². The summed E-state index contributed by atoms with van der Waals surface area (Å²) in [5.74, 6) is 0. The molecule has 0 aliphatic carbocycles. The van der Waals surface area contributed by atoms with Gasteiger partial charge in [-0.1, -0.05) is 74.0 Å². The Kier molecular flexibility index (Phi) is 9.12. The van der Waals surface area contributed by atoms with Crippen LogP contribution < -0.4 is 0 Å². The first kappa shape index (κ1) is 26.2. The topological polar surface area (TPSA) is 53.4 Å². The van der Waals surface area contributed by atoms with E-state index in [0.29, 0.717) is 6.42 Å². The molecule has 32 heavy (non-hydrogen) atoms. The van der Waals surface area contributed by atoms with Crippen LogP contribution in [0.5, 0.6) is 0 Å². The van der Waals surface area contributed by atoms with Crippen molar-refractivity contribution in [2.24, 2.45) is 0 Å². The second kappa shape index (κ2) is 11.2. The maximum Gasteiger partial charge on any atom is 0.0536 e. The zero-order valence-electron chi connectivity index (χ0n) is 19.4. The van der Waals surface area contributed by atoms with Gasteiger partial charge in [0.1, 0.15) is 0 Å². The fourth-order valence-corrected chi connectivity index (χ4v) is 3.63. The van der Waals surface area contributed by atoms with Gasteiger partial charge in [0, 0.05) is 26.3 Å². The number of aromatic nitrogens is 1. The van der Waals surface area contributed by atoms with Crippen molar-refractivity contribution in [3.05, 3.63) is 78.5 Å². The Hall–Kier alpha value is -2.10. The Balaban J connectivity index is 0.000000398. The van der Waals surface area contributed by atoms with Gasteiger partial charge in [0.2, 0.25) is 0 Å². The van der Waals surface area contributed by atoms with E-state index < -0.39 is 0 Å². The van der Waals surface area contributed by atoms with Crippen LogP contribution in [0.1, 0.15) is 46.6 Å². The van der Waals surface area contributed by atoms with E-state index in [4.69, 9.17) is 10.2 Å². The third kappa shape index (κ3) is 6.70. The quantitative estimate of drug-likeness (QED) is 0.213. The van der Waals surface area contributed by atoms with Crippen LogP contribution in [0.15, 0.2) is 66.9 Å². The number of rotatable bonds is 3. The number of fused-ring (bicyclic) bond motifs is 3.